The van der Waals surface area contributed by atoms with Crippen molar-refractivity contribution in [2.45, 2.75) is 6.54 Å². The van der Waals surface area contributed by atoms with Crippen LogP contribution >= 0.6 is 15.9 Å². The van der Waals surface area contributed by atoms with Crippen molar-refractivity contribution in [2.24, 2.45) is 5.73 Å². The predicted molar refractivity (Wildman–Crippen MR) is 60.4 cm³/mol. The van der Waals surface area contributed by atoms with E-state index in [0.29, 0.717) is 6.54 Å². The summed E-state index contributed by atoms with van der Waals surface area (Å²) in [6.07, 6.45) is 0. The summed E-state index contributed by atoms with van der Waals surface area (Å²) in [5, 5.41) is 1.13. The molecule has 2 aromatic rings. The molecule has 0 saturated heterocycles. The highest BCUT2D eigenvalue weighted by atomic mass is 79.9. The van der Waals surface area contributed by atoms with Crippen molar-refractivity contribution in [3.63, 3.8) is 0 Å². The Morgan fingerprint density at radius 2 is 2.29 bits per heavy atom. The standard InChI is InChI=1S/C10H11BrN2O/c1-14-6-2-3-7-8(4-6)13-9(5-12)10(7)11/h2-4,13H,5,12H2,1H3. The van der Waals surface area contributed by atoms with Gasteiger partial charge in [-0.2, -0.15) is 0 Å². The van der Waals surface area contributed by atoms with E-state index in [9.17, 15) is 0 Å². The maximum absolute atomic E-state index is 5.59. The smallest absolute Gasteiger partial charge is 0.120 e. The van der Waals surface area contributed by atoms with Gasteiger partial charge in [-0.25, -0.2) is 0 Å². The van der Waals surface area contributed by atoms with Gasteiger partial charge in [-0.1, -0.05) is 0 Å². The lowest BCUT2D eigenvalue weighted by atomic mass is 10.2. The molecule has 4 heteroatoms. The zero-order valence-electron chi connectivity index (χ0n) is 7.80. The molecule has 0 saturated carbocycles. The molecule has 3 nitrogen and oxygen atoms in total. The summed E-state index contributed by atoms with van der Waals surface area (Å²) < 4.78 is 6.18. The number of halogens is 1. The van der Waals surface area contributed by atoms with Gasteiger partial charge in [0.05, 0.1) is 12.6 Å². The molecular formula is C10H11BrN2O. The lowest BCUT2D eigenvalue weighted by molar-refractivity contribution is 0.415. The maximum Gasteiger partial charge on any atom is 0.120 e. The molecule has 0 unspecified atom stereocenters. The number of H-pyrrole nitrogens is 1. The van der Waals surface area contributed by atoms with Crippen LogP contribution in [0, 0.1) is 0 Å². The van der Waals surface area contributed by atoms with Crippen LogP contribution in [0.1, 0.15) is 5.69 Å². The maximum atomic E-state index is 5.59. The number of benzene rings is 1. The second kappa shape index (κ2) is 3.63. The molecule has 1 aromatic heterocycles. The van der Waals surface area contributed by atoms with E-state index in [1.54, 1.807) is 7.11 Å². The third kappa shape index (κ3) is 1.40. The molecule has 0 atom stereocenters. The number of rotatable bonds is 2. The predicted octanol–water partition coefficient (Wildman–Crippen LogP) is 2.40. The summed E-state index contributed by atoms with van der Waals surface area (Å²) in [6, 6.07) is 5.90. The minimum atomic E-state index is 0.498. The third-order valence-corrected chi connectivity index (χ3v) is 3.12. The van der Waals surface area contributed by atoms with Gasteiger partial charge in [0.2, 0.25) is 0 Å². The Kier molecular flexibility index (Phi) is 2.48. The Hall–Kier alpha value is -1.00. The number of nitrogens with one attached hydrogen (secondary N) is 1. The van der Waals surface area contributed by atoms with Crippen molar-refractivity contribution in [1.29, 1.82) is 0 Å². The molecule has 0 aliphatic heterocycles. The summed E-state index contributed by atoms with van der Waals surface area (Å²) in [5.41, 5.74) is 7.64. The summed E-state index contributed by atoms with van der Waals surface area (Å²) in [5.74, 6) is 0.842. The fourth-order valence-corrected chi connectivity index (χ4v) is 2.07. The van der Waals surface area contributed by atoms with Crippen LogP contribution in [0.3, 0.4) is 0 Å². The topological polar surface area (TPSA) is 51.0 Å². The monoisotopic (exact) mass is 254 g/mol. The van der Waals surface area contributed by atoms with E-state index in [1.807, 2.05) is 18.2 Å². The van der Waals surface area contributed by atoms with Crippen LogP contribution in [-0.4, -0.2) is 12.1 Å². The molecular weight excluding hydrogens is 244 g/mol. The summed E-state index contributed by atoms with van der Waals surface area (Å²) in [4.78, 5) is 3.24. The van der Waals surface area contributed by atoms with Gasteiger partial charge in [0, 0.05) is 28.2 Å². The lowest BCUT2D eigenvalue weighted by Crippen LogP contribution is -1.96. The number of aromatic nitrogens is 1. The number of methoxy groups -OCH3 is 1. The number of ether oxygens (including phenoxy) is 1. The van der Waals surface area contributed by atoms with Gasteiger partial charge >= 0.3 is 0 Å². The second-order valence-corrected chi connectivity index (χ2v) is 3.83. The van der Waals surface area contributed by atoms with Crippen LogP contribution in [0.15, 0.2) is 22.7 Å². The molecule has 0 aliphatic carbocycles. The highest BCUT2D eigenvalue weighted by molar-refractivity contribution is 9.10. The Labute approximate surface area is 90.4 Å². The van der Waals surface area contributed by atoms with E-state index in [0.717, 1.165) is 26.8 Å². The molecule has 0 spiro atoms. The van der Waals surface area contributed by atoms with E-state index in [4.69, 9.17) is 10.5 Å². The molecule has 2 rings (SSSR count). The van der Waals surface area contributed by atoms with Crippen molar-refractivity contribution in [1.82, 2.24) is 4.98 Å². The highest BCUT2D eigenvalue weighted by Gasteiger charge is 2.07. The van der Waals surface area contributed by atoms with Gasteiger partial charge in [0.1, 0.15) is 5.75 Å². The van der Waals surface area contributed by atoms with E-state index >= 15 is 0 Å². The minimum Gasteiger partial charge on any atom is -0.497 e. The zero-order valence-corrected chi connectivity index (χ0v) is 9.39. The highest BCUT2D eigenvalue weighted by Crippen LogP contribution is 2.29. The Morgan fingerprint density at radius 3 is 2.93 bits per heavy atom. The first-order chi connectivity index (χ1) is 6.76. The quantitative estimate of drug-likeness (QED) is 0.865. The summed E-state index contributed by atoms with van der Waals surface area (Å²) in [7, 11) is 1.66. The molecule has 0 radical (unpaired) electrons. The number of fused-ring (bicyclic) bond motifs is 1. The summed E-state index contributed by atoms with van der Waals surface area (Å²) >= 11 is 3.51. The first kappa shape index (κ1) is 9.55. The molecule has 0 bridgehead atoms. The third-order valence-electron chi connectivity index (χ3n) is 2.22. The molecule has 0 fully saturated rings. The molecule has 3 N–H and O–H groups in total. The fraction of sp³-hybridized carbons (Fsp3) is 0.200. The fourth-order valence-electron chi connectivity index (χ4n) is 1.47. The number of aromatic amines is 1. The average molecular weight is 255 g/mol. The zero-order chi connectivity index (χ0) is 10.1. The van der Waals surface area contributed by atoms with Gasteiger partial charge in [0.15, 0.2) is 0 Å². The van der Waals surface area contributed by atoms with Crippen molar-refractivity contribution in [2.75, 3.05) is 7.11 Å². The average Bonchev–Trinajstić information content (AvgIpc) is 2.55. The number of nitrogens with two attached hydrogens (primary N) is 1. The van der Waals surface area contributed by atoms with E-state index in [-0.39, 0.29) is 0 Å². The van der Waals surface area contributed by atoms with E-state index in [1.165, 1.54) is 0 Å². The van der Waals surface area contributed by atoms with Crippen LogP contribution in [0.2, 0.25) is 0 Å². The van der Waals surface area contributed by atoms with Crippen LogP contribution < -0.4 is 10.5 Å². The Balaban J connectivity index is 2.66. The lowest BCUT2D eigenvalue weighted by Gasteiger charge is -1.98. The van der Waals surface area contributed by atoms with Gasteiger partial charge in [-0.15, -0.1) is 0 Å². The van der Waals surface area contributed by atoms with Crippen molar-refractivity contribution in [3.8, 4) is 5.75 Å². The SMILES string of the molecule is COc1ccc2c(Br)c(CN)[nH]c2c1. The largest absolute Gasteiger partial charge is 0.497 e. The van der Waals surface area contributed by atoms with E-state index in [2.05, 4.69) is 20.9 Å². The van der Waals surface area contributed by atoms with Crippen molar-refractivity contribution in [3.05, 3.63) is 28.4 Å². The van der Waals surface area contributed by atoms with Gasteiger partial charge in [-0.05, 0) is 28.1 Å². The van der Waals surface area contributed by atoms with Gasteiger partial charge in [-0.3, -0.25) is 0 Å². The first-order valence-electron chi connectivity index (χ1n) is 4.30. The van der Waals surface area contributed by atoms with Crippen LogP contribution in [0.4, 0.5) is 0 Å². The number of hydrogen-bond donors (Lipinski definition) is 2. The molecule has 1 heterocycles. The normalized spacial score (nSPS) is 10.8. The molecule has 0 aliphatic rings. The molecule has 14 heavy (non-hydrogen) atoms. The molecule has 0 amide bonds. The molecule has 1 aromatic carbocycles. The van der Waals surface area contributed by atoms with Crippen molar-refractivity contribution >= 4 is 26.8 Å². The minimum absolute atomic E-state index is 0.498. The summed E-state index contributed by atoms with van der Waals surface area (Å²) in [6.45, 7) is 0.498. The first-order valence-corrected chi connectivity index (χ1v) is 5.09. The van der Waals surface area contributed by atoms with Crippen LogP contribution in [0.25, 0.3) is 10.9 Å². The molecule has 74 valence electrons. The second-order valence-electron chi connectivity index (χ2n) is 3.03. The Morgan fingerprint density at radius 1 is 1.50 bits per heavy atom. The van der Waals surface area contributed by atoms with Crippen molar-refractivity contribution < 1.29 is 4.74 Å². The van der Waals surface area contributed by atoms with Crippen LogP contribution in [0.5, 0.6) is 5.75 Å². The van der Waals surface area contributed by atoms with Crippen LogP contribution in [-0.2, 0) is 6.54 Å². The van der Waals surface area contributed by atoms with Gasteiger partial charge < -0.3 is 15.5 Å². The van der Waals surface area contributed by atoms with Gasteiger partial charge in [0.25, 0.3) is 0 Å². The van der Waals surface area contributed by atoms with E-state index < -0.39 is 0 Å². The number of hydrogen-bond acceptors (Lipinski definition) is 2. The Bertz CT molecular complexity index is 464.